The average molecular weight is 207 g/mol. The maximum Gasteiger partial charge on any atom is 0.146 e. The van der Waals surface area contributed by atoms with E-state index in [-0.39, 0.29) is 11.5 Å². The zero-order chi connectivity index (χ0) is 10.1. The van der Waals surface area contributed by atoms with E-state index in [1.54, 1.807) is 17.4 Å². The molecule has 0 atom stereocenters. The molecule has 2 aromatic rings. The van der Waals surface area contributed by atoms with E-state index in [1.807, 2.05) is 25.1 Å². The van der Waals surface area contributed by atoms with Gasteiger partial charge in [-0.25, -0.2) is 4.39 Å². The minimum atomic E-state index is -0.353. The van der Waals surface area contributed by atoms with Gasteiger partial charge < -0.3 is 5.73 Å². The molecule has 0 amide bonds. The highest BCUT2D eigenvalue weighted by Crippen LogP contribution is 2.32. The highest BCUT2D eigenvalue weighted by atomic mass is 32.1. The number of thiophene rings is 1. The minimum Gasteiger partial charge on any atom is -0.396 e. The zero-order valence-corrected chi connectivity index (χ0v) is 8.57. The van der Waals surface area contributed by atoms with E-state index in [4.69, 9.17) is 5.73 Å². The number of hydrogen-bond donors (Lipinski definition) is 1. The van der Waals surface area contributed by atoms with Crippen molar-refractivity contribution >= 4 is 17.0 Å². The molecular formula is C11H10FNS. The van der Waals surface area contributed by atoms with Crippen LogP contribution in [0.2, 0.25) is 0 Å². The molecule has 2 rings (SSSR count). The Kier molecular flexibility index (Phi) is 2.25. The van der Waals surface area contributed by atoms with Crippen molar-refractivity contribution < 1.29 is 4.39 Å². The van der Waals surface area contributed by atoms with Crippen LogP contribution in [-0.4, -0.2) is 0 Å². The molecule has 1 aromatic heterocycles. The van der Waals surface area contributed by atoms with Crippen LogP contribution in [-0.2, 0) is 0 Å². The van der Waals surface area contributed by atoms with Gasteiger partial charge in [-0.05, 0) is 25.1 Å². The maximum absolute atomic E-state index is 13.2. The van der Waals surface area contributed by atoms with E-state index in [0.29, 0.717) is 0 Å². The largest absolute Gasteiger partial charge is 0.396 e. The molecule has 0 saturated heterocycles. The van der Waals surface area contributed by atoms with Gasteiger partial charge in [0.25, 0.3) is 0 Å². The van der Waals surface area contributed by atoms with E-state index in [2.05, 4.69) is 0 Å². The van der Waals surface area contributed by atoms with Crippen LogP contribution in [0, 0.1) is 12.7 Å². The van der Waals surface area contributed by atoms with Crippen molar-refractivity contribution in [2.45, 2.75) is 6.92 Å². The van der Waals surface area contributed by atoms with Crippen LogP contribution in [0.5, 0.6) is 0 Å². The smallest absolute Gasteiger partial charge is 0.146 e. The Morgan fingerprint density at radius 3 is 2.64 bits per heavy atom. The first kappa shape index (κ1) is 9.21. The normalized spacial score (nSPS) is 10.4. The van der Waals surface area contributed by atoms with Crippen molar-refractivity contribution in [2.75, 3.05) is 5.73 Å². The van der Waals surface area contributed by atoms with Crippen molar-refractivity contribution in [3.05, 3.63) is 41.0 Å². The van der Waals surface area contributed by atoms with Gasteiger partial charge in [0.1, 0.15) is 5.82 Å². The summed E-state index contributed by atoms with van der Waals surface area (Å²) in [6, 6.07) is 8.86. The second kappa shape index (κ2) is 3.42. The lowest BCUT2D eigenvalue weighted by molar-refractivity contribution is 0.633. The SMILES string of the molecule is Cc1ccc(-c2cccc(F)c2N)s1. The van der Waals surface area contributed by atoms with Gasteiger partial charge in [0.15, 0.2) is 0 Å². The van der Waals surface area contributed by atoms with Gasteiger partial charge in [-0.2, -0.15) is 0 Å². The fraction of sp³-hybridized carbons (Fsp3) is 0.0909. The predicted molar refractivity (Wildman–Crippen MR) is 58.9 cm³/mol. The van der Waals surface area contributed by atoms with Crippen molar-refractivity contribution in [2.24, 2.45) is 0 Å². The van der Waals surface area contributed by atoms with Crippen LogP contribution in [0.3, 0.4) is 0 Å². The summed E-state index contributed by atoms with van der Waals surface area (Å²) in [6.07, 6.45) is 0. The topological polar surface area (TPSA) is 26.0 Å². The summed E-state index contributed by atoms with van der Waals surface area (Å²) in [4.78, 5) is 2.21. The second-order valence-corrected chi connectivity index (χ2v) is 4.40. The van der Waals surface area contributed by atoms with Crippen molar-refractivity contribution in [3.8, 4) is 10.4 Å². The third-order valence-corrected chi connectivity index (χ3v) is 3.09. The van der Waals surface area contributed by atoms with Crippen molar-refractivity contribution in [1.29, 1.82) is 0 Å². The van der Waals surface area contributed by atoms with Crippen molar-refractivity contribution in [3.63, 3.8) is 0 Å². The molecular weight excluding hydrogens is 197 g/mol. The van der Waals surface area contributed by atoms with Crippen LogP contribution < -0.4 is 5.73 Å². The average Bonchev–Trinajstić information content (AvgIpc) is 2.57. The van der Waals surface area contributed by atoms with Gasteiger partial charge in [0, 0.05) is 15.3 Å². The molecule has 0 aliphatic rings. The second-order valence-electron chi connectivity index (χ2n) is 3.11. The van der Waals surface area contributed by atoms with Crippen LogP contribution in [0.25, 0.3) is 10.4 Å². The molecule has 0 radical (unpaired) electrons. The quantitative estimate of drug-likeness (QED) is 0.712. The van der Waals surface area contributed by atoms with E-state index < -0.39 is 0 Å². The van der Waals surface area contributed by atoms with E-state index >= 15 is 0 Å². The first-order chi connectivity index (χ1) is 6.68. The summed E-state index contributed by atoms with van der Waals surface area (Å²) in [5.41, 5.74) is 6.67. The van der Waals surface area contributed by atoms with Gasteiger partial charge in [-0.15, -0.1) is 11.3 Å². The third-order valence-electron chi connectivity index (χ3n) is 2.06. The molecule has 72 valence electrons. The lowest BCUT2D eigenvalue weighted by Crippen LogP contribution is -1.92. The van der Waals surface area contributed by atoms with E-state index in [1.165, 1.54) is 10.9 Å². The number of benzene rings is 1. The summed E-state index contributed by atoms with van der Waals surface area (Å²) in [5, 5.41) is 0. The highest BCUT2D eigenvalue weighted by molar-refractivity contribution is 7.15. The number of anilines is 1. The molecule has 14 heavy (non-hydrogen) atoms. The highest BCUT2D eigenvalue weighted by Gasteiger charge is 2.07. The molecule has 1 nitrogen and oxygen atoms in total. The molecule has 0 fully saturated rings. The number of para-hydroxylation sites is 1. The Hall–Kier alpha value is -1.35. The summed E-state index contributed by atoms with van der Waals surface area (Å²) >= 11 is 1.62. The minimum absolute atomic E-state index is 0.231. The molecule has 0 bridgehead atoms. The van der Waals surface area contributed by atoms with Crippen LogP contribution >= 0.6 is 11.3 Å². The first-order valence-corrected chi connectivity index (χ1v) is 5.11. The summed E-state index contributed by atoms with van der Waals surface area (Å²) in [6.45, 7) is 2.02. The summed E-state index contributed by atoms with van der Waals surface area (Å²) in [7, 11) is 0. The molecule has 1 aromatic carbocycles. The number of nitrogen functional groups attached to an aromatic ring is 1. The van der Waals surface area contributed by atoms with E-state index in [0.717, 1.165) is 10.4 Å². The molecule has 2 N–H and O–H groups in total. The molecule has 0 unspecified atom stereocenters. The fourth-order valence-corrected chi connectivity index (χ4v) is 2.24. The molecule has 1 heterocycles. The number of aryl methyl sites for hydroxylation is 1. The van der Waals surface area contributed by atoms with Crippen molar-refractivity contribution in [1.82, 2.24) is 0 Å². The first-order valence-electron chi connectivity index (χ1n) is 4.29. The Bertz CT molecular complexity index is 462. The molecule has 3 heteroatoms. The number of hydrogen-bond acceptors (Lipinski definition) is 2. The summed E-state index contributed by atoms with van der Waals surface area (Å²) in [5.74, 6) is -0.353. The molecule has 0 aliphatic heterocycles. The lowest BCUT2D eigenvalue weighted by atomic mass is 10.1. The van der Waals surface area contributed by atoms with Gasteiger partial charge in [0.2, 0.25) is 0 Å². The maximum atomic E-state index is 13.2. The molecule has 0 spiro atoms. The van der Waals surface area contributed by atoms with Crippen LogP contribution in [0.15, 0.2) is 30.3 Å². The van der Waals surface area contributed by atoms with Gasteiger partial charge in [-0.1, -0.05) is 12.1 Å². The van der Waals surface area contributed by atoms with Gasteiger partial charge in [-0.3, -0.25) is 0 Å². The Morgan fingerprint density at radius 2 is 2.00 bits per heavy atom. The van der Waals surface area contributed by atoms with Crippen LogP contribution in [0.4, 0.5) is 10.1 Å². The third kappa shape index (κ3) is 1.51. The van der Waals surface area contributed by atoms with E-state index in [9.17, 15) is 4.39 Å². The van der Waals surface area contributed by atoms with Crippen LogP contribution in [0.1, 0.15) is 4.88 Å². The number of halogens is 1. The standard InChI is InChI=1S/C11H10FNS/c1-7-5-6-10(14-7)8-3-2-4-9(12)11(8)13/h2-6H,13H2,1H3. The Morgan fingerprint density at radius 1 is 1.21 bits per heavy atom. The molecule has 0 saturated carbocycles. The predicted octanol–water partition coefficient (Wildman–Crippen LogP) is 3.44. The summed E-state index contributed by atoms with van der Waals surface area (Å²) < 4.78 is 13.2. The number of rotatable bonds is 1. The lowest BCUT2D eigenvalue weighted by Gasteiger charge is -2.02. The zero-order valence-electron chi connectivity index (χ0n) is 7.75. The fourth-order valence-electron chi connectivity index (χ4n) is 1.33. The Labute approximate surface area is 86.0 Å². The molecule has 0 aliphatic carbocycles. The van der Waals surface area contributed by atoms with Gasteiger partial charge in [0.05, 0.1) is 5.69 Å². The monoisotopic (exact) mass is 207 g/mol. The van der Waals surface area contributed by atoms with Gasteiger partial charge >= 0.3 is 0 Å². The number of nitrogens with two attached hydrogens (primary N) is 1. The Balaban J connectivity index is 2.57.